The SMILES string of the molecule is CCNC(CC)c1ccc(N2CCCC2CO)cc1. The zero-order valence-corrected chi connectivity index (χ0v) is 12.1. The van der Waals surface area contributed by atoms with Gasteiger partial charge in [-0.3, -0.25) is 0 Å². The Labute approximate surface area is 116 Å². The Balaban J connectivity index is 2.09. The zero-order chi connectivity index (χ0) is 13.7. The van der Waals surface area contributed by atoms with E-state index in [2.05, 4.69) is 48.3 Å². The second-order valence-electron chi connectivity index (χ2n) is 5.28. The van der Waals surface area contributed by atoms with E-state index < -0.39 is 0 Å². The summed E-state index contributed by atoms with van der Waals surface area (Å²) in [5, 5.41) is 12.9. The van der Waals surface area contributed by atoms with Crippen molar-refractivity contribution in [2.45, 2.75) is 45.2 Å². The van der Waals surface area contributed by atoms with Gasteiger partial charge >= 0.3 is 0 Å². The Hall–Kier alpha value is -1.06. The molecule has 19 heavy (non-hydrogen) atoms. The molecule has 3 heteroatoms. The Morgan fingerprint density at radius 2 is 2.05 bits per heavy atom. The fraction of sp³-hybridized carbons (Fsp3) is 0.625. The highest BCUT2D eigenvalue weighted by atomic mass is 16.3. The number of anilines is 1. The van der Waals surface area contributed by atoms with Gasteiger partial charge < -0.3 is 15.3 Å². The van der Waals surface area contributed by atoms with Gasteiger partial charge in [-0.15, -0.1) is 0 Å². The molecule has 0 aliphatic carbocycles. The maximum Gasteiger partial charge on any atom is 0.0635 e. The van der Waals surface area contributed by atoms with Gasteiger partial charge in [0.1, 0.15) is 0 Å². The molecule has 2 rings (SSSR count). The minimum atomic E-state index is 0.261. The van der Waals surface area contributed by atoms with E-state index in [1.807, 2.05) is 0 Å². The van der Waals surface area contributed by atoms with Crippen LogP contribution >= 0.6 is 0 Å². The van der Waals surface area contributed by atoms with E-state index in [1.54, 1.807) is 0 Å². The largest absolute Gasteiger partial charge is 0.394 e. The van der Waals surface area contributed by atoms with Crippen LogP contribution in [0.3, 0.4) is 0 Å². The monoisotopic (exact) mass is 262 g/mol. The Morgan fingerprint density at radius 3 is 2.63 bits per heavy atom. The lowest BCUT2D eigenvalue weighted by Crippen LogP contribution is -2.32. The van der Waals surface area contributed by atoms with Crippen molar-refractivity contribution in [3.63, 3.8) is 0 Å². The molecule has 1 aliphatic rings. The molecule has 106 valence electrons. The predicted octanol–water partition coefficient (Wildman–Crippen LogP) is 2.71. The lowest BCUT2D eigenvalue weighted by molar-refractivity contribution is 0.266. The van der Waals surface area contributed by atoms with Gasteiger partial charge in [-0.2, -0.15) is 0 Å². The van der Waals surface area contributed by atoms with Gasteiger partial charge in [-0.05, 0) is 43.5 Å². The minimum absolute atomic E-state index is 0.261. The molecule has 2 N–H and O–H groups in total. The van der Waals surface area contributed by atoms with Crippen LogP contribution in [0.2, 0.25) is 0 Å². The van der Waals surface area contributed by atoms with Gasteiger partial charge in [-0.1, -0.05) is 26.0 Å². The van der Waals surface area contributed by atoms with E-state index in [9.17, 15) is 5.11 Å². The van der Waals surface area contributed by atoms with Crippen LogP contribution in [0.4, 0.5) is 5.69 Å². The summed E-state index contributed by atoms with van der Waals surface area (Å²) in [6, 6.07) is 9.60. The standard InChI is InChI=1S/C16H26N2O/c1-3-16(17-4-2)13-7-9-14(10-8-13)18-11-5-6-15(18)12-19/h7-10,15-17,19H,3-6,11-12H2,1-2H3. The summed E-state index contributed by atoms with van der Waals surface area (Å²) in [4.78, 5) is 2.33. The van der Waals surface area contributed by atoms with Crippen LogP contribution < -0.4 is 10.2 Å². The number of aliphatic hydroxyl groups excluding tert-OH is 1. The summed E-state index contributed by atoms with van der Waals surface area (Å²) in [6.07, 6.45) is 3.39. The fourth-order valence-electron chi connectivity index (χ4n) is 3.01. The van der Waals surface area contributed by atoms with Crippen molar-refractivity contribution in [2.24, 2.45) is 0 Å². The normalized spacial score (nSPS) is 20.8. The highest BCUT2D eigenvalue weighted by Crippen LogP contribution is 2.27. The Kier molecular flexibility index (Phi) is 5.23. The summed E-state index contributed by atoms with van der Waals surface area (Å²) in [5.41, 5.74) is 2.60. The molecule has 3 nitrogen and oxygen atoms in total. The van der Waals surface area contributed by atoms with Crippen molar-refractivity contribution in [1.82, 2.24) is 5.32 Å². The number of aliphatic hydroxyl groups is 1. The maximum atomic E-state index is 9.40. The Morgan fingerprint density at radius 1 is 1.32 bits per heavy atom. The number of nitrogens with one attached hydrogen (secondary N) is 1. The molecule has 0 amide bonds. The van der Waals surface area contributed by atoms with E-state index in [0.717, 1.165) is 25.9 Å². The van der Waals surface area contributed by atoms with Crippen molar-refractivity contribution in [3.8, 4) is 0 Å². The van der Waals surface area contributed by atoms with Gasteiger partial charge in [0.05, 0.1) is 12.6 Å². The average molecular weight is 262 g/mol. The molecule has 1 aliphatic heterocycles. The molecule has 1 saturated heterocycles. The quantitative estimate of drug-likeness (QED) is 0.827. The lowest BCUT2D eigenvalue weighted by Gasteiger charge is -2.26. The average Bonchev–Trinajstić information content (AvgIpc) is 2.93. The summed E-state index contributed by atoms with van der Waals surface area (Å²) in [6.45, 7) is 6.68. The third-order valence-electron chi connectivity index (χ3n) is 4.07. The zero-order valence-electron chi connectivity index (χ0n) is 12.1. The van der Waals surface area contributed by atoms with Crippen LogP contribution in [0, 0.1) is 0 Å². The molecular formula is C16H26N2O. The van der Waals surface area contributed by atoms with Crippen LogP contribution in [0.15, 0.2) is 24.3 Å². The molecule has 1 fully saturated rings. The molecule has 0 bridgehead atoms. The van der Waals surface area contributed by atoms with Crippen LogP contribution in [0.25, 0.3) is 0 Å². The predicted molar refractivity (Wildman–Crippen MR) is 80.6 cm³/mol. The van der Waals surface area contributed by atoms with Crippen LogP contribution in [0.5, 0.6) is 0 Å². The molecule has 2 unspecified atom stereocenters. The van der Waals surface area contributed by atoms with Gasteiger partial charge in [0.15, 0.2) is 0 Å². The molecular weight excluding hydrogens is 236 g/mol. The molecule has 0 aromatic heterocycles. The van der Waals surface area contributed by atoms with Gasteiger partial charge in [0.2, 0.25) is 0 Å². The van der Waals surface area contributed by atoms with Crippen molar-refractivity contribution in [3.05, 3.63) is 29.8 Å². The smallest absolute Gasteiger partial charge is 0.0635 e. The second-order valence-corrected chi connectivity index (χ2v) is 5.28. The van der Waals surface area contributed by atoms with Crippen molar-refractivity contribution in [2.75, 3.05) is 24.6 Å². The molecule has 0 radical (unpaired) electrons. The molecule has 0 saturated carbocycles. The van der Waals surface area contributed by atoms with Gasteiger partial charge in [0, 0.05) is 18.3 Å². The van der Waals surface area contributed by atoms with Gasteiger partial charge in [-0.25, -0.2) is 0 Å². The third-order valence-corrected chi connectivity index (χ3v) is 4.07. The molecule has 1 heterocycles. The van der Waals surface area contributed by atoms with E-state index in [4.69, 9.17) is 0 Å². The number of rotatable bonds is 6. The summed E-state index contributed by atoms with van der Waals surface area (Å²) >= 11 is 0. The first kappa shape index (κ1) is 14.4. The number of hydrogen-bond acceptors (Lipinski definition) is 3. The number of benzene rings is 1. The van der Waals surface area contributed by atoms with Crippen LogP contribution in [0.1, 0.15) is 44.7 Å². The molecule has 1 aromatic rings. The van der Waals surface area contributed by atoms with Crippen LogP contribution in [-0.2, 0) is 0 Å². The van der Waals surface area contributed by atoms with Crippen molar-refractivity contribution < 1.29 is 5.11 Å². The highest BCUT2D eigenvalue weighted by Gasteiger charge is 2.23. The number of hydrogen-bond donors (Lipinski definition) is 2. The summed E-state index contributed by atoms with van der Waals surface area (Å²) in [5.74, 6) is 0. The fourth-order valence-corrected chi connectivity index (χ4v) is 3.01. The van der Waals surface area contributed by atoms with Crippen LogP contribution in [-0.4, -0.2) is 30.8 Å². The first-order valence-corrected chi connectivity index (χ1v) is 7.51. The van der Waals surface area contributed by atoms with Crippen molar-refractivity contribution >= 4 is 5.69 Å². The first-order chi connectivity index (χ1) is 9.30. The number of nitrogens with zero attached hydrogens (tertiary/aromatic N) is 1. The minimum Gasteiger partial charge on any atom is -0.394 e. The molecule has 2 atom stereocenters. The maximum absolute atomic E-state index is 9.40. The van der Waals surface area contributed by atoms with E-state index in [0.29, 0.717) is 12.1 Å². The van der Waals surface area contributed by atoms with E-state index in [-0.39, 0.29) is 6.61 Å². The lowest BCUT2D eigenvalue weighted by atomic mass is 10.0. The summed E-state index contributed by atoms with van der Waals surface area (Å²) in [7, 11) is 0. The van der Waals surface area contributed by atoms with Gasteiger partial charge in [0.25, 0.3) is 0 Å². The summed E-state index contributed by atoms with van der Waals surface area (Å²) < 4.78 is 0. The molecule has 0 spiro atoms. The van der Waals surface area contributed by atoms with E-state index in [1.165, 1.54) is 17.7 Å². The van der Waals surface area contributed by atoms with Crippen molar-refractivity contribution in [1.29, 1.82) is 0 Å². The topological polar surface area (TPSA) is 35.5 Å². The highest BCUT2D eigenvalue weighted by molar-refractivity contribution is 5.50. The van der Waals surface area contributed by atoms with E-state index >= 15 is 0 Å². The first-order valence-electron chi connectivity index (χ1n) is 7.51. The molecule has 1 aromatic carbocycles. The third kappa shape index (κ3) is 3.28. The second kappa shape index (κ2) is 6.92. The Bertz CT molecular complexity index is 377.